The molecule has 1 atom stereocenters. The summed E-state index contributed by atoms with van der Waals surface area (Å²) in [5, 5.41) is 12.6. The number of carboxylic acids is 1. The van der Waals surface area contributed by atoms with Crippen molar-refractivity contribution in [2.45, 2.75) is 30.1 Å². The number of aromatic nitrogens is 2. The lowest BCUT2D eigenvalue weighted by Crippen LogP contribution is -2.18. The van der Waals surface area contributed by atoms with E-state index in [1.807, 2.05) is 54.6 Å². The van der Waals surface area contributed by atoms with E-state index < -0.39 is 21.7 Å². The molecule has 1 heterocycles. The van der Waals surface area contributed by atoms with Crippen LogP contribution in [0.5, 0.6) is 0 Å². The van der Waals surface area contributed by atoms with Crippen molar-refractivity contribution < 1.29 is 18.3 Å². The van der Waals surface area contributed by atoms with Gasteiger partial charge < -0.3 is 15.4 Å². The lowest BCUT2D eigenvalue weighted by atomic mass is 9.98. The van der Waals surface area contributed by atoms with E-state index in [1.54, 1.807) is 36.4 Å². The number of aromatic amines is 1. The van der Waals surface area contributed by atoms with Crippen LogP contribution >= 0.6 is 0 Å². The quantitative estimate of drug-likeness (QED) is 0.186. The van der Waals surface area contributed by atoms with Crippen LogP contribution in [0.2, 0.25) is 0 Å². The van der Waals surface area contributed by atoms with Crippen LogP contribution in [-0.2, 0) is 27.5 Å². The number of aliphatic carboxylic acids is 1. The van der Waals surface area contributed by atoms with Crippen molar-refractivity contribution in [2.24, 2.45) is 0 Å². The molecule has 0 aliphatic carbocycles. The number of rotatable bonds is 11. The Morgan fingerprint density at radius 2 is 1.56 bits per heavy atom. The van der Waals surface area contributed by atoms with E-state index in [4.69, 9.17) is 0 Å². The Morgan fingerprint density at radius 1 is 0.846 bits per heavy atom. The van der Waals surface area contributed by atoms with Gasteiger partial charge in [0, 0.05) is 11.6 Å². The summed E-state index contributed by atoms with van der Waals surface area (Å²) in [4.78, 5) is 19.4. The molecule has 0 saturated carbocycles. The van der Waals surface area contributed by atoms with Crippen LogP contribution < -0.4 is 5.32 Å². The maximum atomic E-state index is 13.1. The van der Waals surface area contributed by atoms with Gasteiger partial charge >= 0.3 is 5.97 Å². The number of fused-ring (bicyclic) bond motifs is 1. The molecule has 0 spiro atoms. The van der Waals surface area contributed by atoms with Gasteiger partial charge in [-0.25, -0.2) is 13.4 Å². The molecule has 0 fully saturated rings. The lowest BCUT2D eigenvalue weighted by Gasteiger charge is -2.16. The molecular weight excluding hydrogens is 510 g/mol. The number of nitrogens with zero attached hydrogens (tertiary/aromatic N) is 1. The van der Waals surface area contributed by atoms with Crippen molar-refractivity contribution in [3.05, 3.63) is 120 Å². The van der Waals surface area contributed by atoms with Gasteiger partial charge in [-0.2, -0.15) is 0 Å². The normalized spacial score (nSPS) is 12.3. The van der Waals surface area contributed by atoms with E-state index in [0.29, 0.717) is 11.5 Å². The predicted octanol–water partition coefficient (Wildman–Crippen LogP) is 6.12. The molecule has 4 aromatic carbocycles. The zero-order valence-corrected chi connectivity index (χ0v) is 22.1. The van der Waals surface area contributed by atoms with Crippen molar-refractivity contribution >= 4 is 38.5 Å². The monoisotopic (exact) mass is 539 g/mol. The summed E-state index contributed by atoms with van der Waals surface area (Å²) in [6.07, 6.45) is 1.29. The van der Waals surface area contributed by atoms with Gasteiger partial charge in [-0.3, -0.25) is 4.79 Å². The highest BCUT2D eigenvalue weighted by atomic mass is 32.2. The largest absolute Gasteiger partial charge is 0.481 e. The molecule has 0 saturated heterocycles. The molecule has 0 aliphatic heterocycles. The van der Waals surface area contributed by atoms with Gasteiger partial charge in [0.25, 0.3) is 0 Å². The summed E-state index contributed by atoms with van der Waals surface area (Å²) < 4.78 is 26.3. The molecule has 0 radical (unpaired) electrons. The Kier molecular flexibility index (Phi) is 7.74. The highest BCUT2D eigenvalue weighted by molar-refractivity contribution is 7.91. The van der Waals surface area contributed by atoms with E-state index in [2.05, 4.69) is 27.4 Å². The topological polar surface area (TPSA) is 112 Å². The van der Waals surface area contributed by atoms with Crippen LogP contribution in [-0.4, -0.2) is 35.2 Å². The third-order valence-electron chi connectivity index (χ3n) is 6.68. The van der Waals surface area contributed by atoms with Crippen molar-refractivity contribution in [3.63, 3.8) is 0 Å². The van der Waals surface area contributed by atoms with Crippen molar-refractivity contribution in [1.29, 1.82) is 0 Å². The molecule has 39 heavy (non-hydrogen) atoms. The SMILES string of the molecule is O=C(O)CC(CS(=O)(=O)c1ccc(CCc2cccc(Nc3nc4ccccc4[nH]3)c2)cc1)c1ccccc1. The van der Waals surface area contributed by atoms with Gasteiger partial charge in [0.1, 0.15) is 0 Å². The Morgan fingerprint density at radius 3 is 2.31 bits per heavy atom. The highest BCUT2D eigenvalue weighted by Crippen LogP contribution is 2.26. The first kappa shape index (κ1) is 26.2. The number of anilines is 2. The van der Waals surface area contributed by atoms with E-state index >= 15 is 0 Å². The van der Waals surface area contributed by atoms with Gasteiger partial charge in [0.05, 0.1) is 28.1 Å². The lowest BCUT2D eigenvalue weighted by molar-refractivity contribution is -0.137. The maximum absolute atomic E-state index is 13.1. The second kappa shape index (κ2) is 11.5. The van der Waals surface area contributed by atoms with E-state index in [-0.39, 0.29) is 17.1 Å². The zero-order chi connectivity index (χ0) is 27.2. The van der Waals surface area contributed by atoms with Crippen molar-refractivity contribution in [1.82, 2.24) is 9.97 Å². The van der Waals surface area contributed by atoms with Crippen molar-refractivity contribution in [2.75, 3.05) is 11.1 Å². The maximum Gasteiger partial charge on any atom is 0.303 e. The zero-order valence-electron chi connectivity index (χ0n) is 21.2. The van der Waals surface area contributed by atoms with Crippen LogP contribution in [0.1, 0.15) is 29.0 Å². The number of para-hydroxylation sites is 2. The minimum atomic E-state index is -3.66. The molecule has 3 N–H and O–H groups in total. The summed E-state index contributed by atoms with van der Waals surface area (Å²) in [5.74, 6) is -1.21. The summed E-state index contributed by atoms with van der Waals surface area (Å²) in [6.45, 7) is 0. The van der Waals surface area contributed by atoms with E-state index in [1.165, 1.54) is 0 Å². The molecule has 5 rings (SSSR count). The predicted molar refractivity (Wildman–Crippen MR) is 153 cm³/mol. The summed E-state index contributed by atoms with van der Waals surface area (Å²) >= 11 is 0. The fourth-order valence-electron chi connectivity index (χ4n) is 4.68. The van der Waals surface area contributed by atoms with Gasteiger partial charge in [0.15, 0.2) is 9.84 Å². The average molecular weight is 540 g/mol. The molecule has 7 nitrogen and oxygen atoms in total. The summed E-state index contributed by atoms with van der Waals surface area (Å²) in [6, 6.07) is 31.8. The van der Waals surface area contributed by atoms with Gasteiger partial charge in [-0.1, -0.05) is 66.7 Å². The molecule has 0 aliphatic rings. The third kappa shape index (κ3) is 6.72. The number of carboxylic acid groups (broad SMARTS) is 1. The average Bonchev–Trinajstić information content (AvgIpc) is 3.34. The summed E-state index contributed by atoms with van der Waals surface area (Å²) in [7, 11) is -3.66. The van der Waals surface area contributed by atoms with Crippen LogP contribution in [0.25, 0.3) is 11.0 Å². The first-order valence-electron chi connectivity index (χ1n) is 12.7. The van der Waals surface area contributed by atoms with E-state index in [9.17, 15) is 18.3 Å². The molecule has 5 aromatic rings. The number of aryl methyl sites for hydroxylation is 2. The number of benzene rings is 4. The Balaban J connectivity index is 1.22. The Labute approximate surface area is 227 Å². The summed E-state index contributed by atoms with van der Waals surface area (Å²) in [5.41, 5.74) is 5.68. The molecule has 0 bridgehead atoms. The molecular formula is C31H29N3O4S. The van der Waals surface area contributed by atoms with Gasteiger partial charge in [-0.05, 0) is 65.9 Å². The fourth-order valence-corrected chi connectivity index (χ4v) is 6.26. The second-order valence-electron chi connectivity index (χ2n) is 9.56. The standard InChI is InChI=1S/C31H29N3O4S/c35-30(36)20-25(24-8-2-1-3-9-24)21-39(37,38)27-17-15-22(16-18-27)13-14-23-7-6-10-26(19-23)32-31-33-28-11-4-5-12-29(28)34-31/h1-12,15-19,25H,13-14,20-21H2,(H,35,36)(H2,32,33,34). The van der Waals surface area contributed by atoms with Crippen LogP contribution in [0.4, 0.5) is 11.6 Å². The Bertz CT molecular complexity index is 1650. The number of carbonyl (C=O) groups is 1. The second-order valence-corrected chi connectivity index (χ2v) is 11.6. The highest BCUT2D eigenvalue weighted by Gasteiger charge is 2.24. The number of sulfone groups is 1. The smallest absolute Gasteiger partial charge is 0.303 e. The minimum Gasteiger partial charge on any atom is -0.481 e. The van der Waals surface area contributed by atoms with Crippen LogP contribution in [0, 0.1) is 0 Å². The van der Waals surface area contributed by atoms with Gasteiger partial charge in [-0.15, -0.1) is 0 Å². The minimum absolute atomic E-state index is 0.203. The first-order valence-corrected chi connectivity index (χ1v) is 14.4. The molecule has 0 amide bonds. The van der Waals surface area contributed by atoms with Crippen LogP contribution in [0.3, 0.4) is 0 Å². The first-order chi connectivity index (χ1) is 18.9. The number of nitrogens with one attached hydrogen (secondary N) is 2. The fraction of sp³-hybridized carbons (Fsp3) is 0.161. The van der Waals surface area contributed by atoms with Crippen molar-refractivity contribution in [3.8, 4) is 0 Å². The molecule has 1 unspecified atom stereocenters. The third-order valence-corrected chi connectivity index (χ3v) is 8.51. The molecule has 198 valence electrons. The number of imidazole rings is 1. The van der Waals surface area contributed by atoms with E-state index in [0.717, 1.165) is 40.7 Å². The molecule has 1 aromatic heterocycles. The van der Waals surface area contributed by atoms with Crippen LogP contribution in [0.15, 0.2) is 108 Å². The number of H-pyrrole nitrogens is 1. The van der Waals surface area contributed by atoms with Gasteiger partial charge in [0.2, 0.25) is 5.95 Å². The number of hydrogen-bond acceptors (Lipinski definition) is 5. The Hall–Kier alpha value is -4.43. The molecule has 8 heteroatoms. The number of hydrogen-bond donors (Lipinski definition) is 3.